The van der Waals surface area contributed by atoms with Crippen LogP contribution in [0.2, 0.25) is 5.02 Å². The molecule has 0 aliphatic carbocycles. The number of nitrogens with two attached hydrogens (primary N) is 1. The molecule has 0 spiro atoms. The normalized spacial score (nSPS) is 10.8. The highest BCUT2D eigenvalue weighted by molar-refractivity contribution is 7.98. The van der Waals surface area contributed by atoms with E-state index in [1.807, 2.05) is 24.3 Å². The van der Waals surface area contributed by atoms with Gasteiger partial charge in [0.05, 0.1) is 12.4 Å². The van der Waals surface area contributed by atoms with E-state index in [2.05, 4.69) is 10.1 Å². The molecule has 19 heavy (non-hydrogen) atoms. The Morgan fingerprint density at radius 3 is 3.11 bits per heavy atom. The van der Waals surface area contributed by atoms with Crippen molar-refractivity contribution < 1.29 is 9.26 Å². The smallest absolute Gasteiger partial charge is 0.252 e. The largest absolute Gasteiger partial charge is 0.370 e. The van der Waals surface area contributed by atoms with Crippen LogP contribution in [0.1, 0.15) is 11.7 Å². The zero-order valence-corrected chi connectivity index (χ0v) is 11.8. The van der Waals surface area contributed by atoms with Crippen molar-refractivity contribution in [3.63, 3.8) is 0 Å². The molecule has 0 radical (unpaired) electrons. The summed E-state index contributed by atoms with van der Waals surface area (Å²) in [7, 11) is 0. The van der Waals surface area contributed by atoms with E-state index < -0.39 is 0 Å². The summed E-state index contributed by atoms with van der Waals surface area (Å²) in [5.41, 5.74) is 5.32. The van der Waals surface area contributed by atoms with Crippen LogP contribution in [0.5, 0.6) is 0 Å². The quantitative estimate of drug-likeness (QED) is 0.625. The van der Waals surface area contributed by atoms with Gasteiger partial charge in [-0.1, -0.05) is 22.8 Å². The summed E-state index contributed by atoms with van der Waals surface area (Å²) in [6, 6.07) is 7.64. The number of nitrogens with zero attached hydrogens (tertiary/aromatic N) is 2. The molecule has 1 heterocycles. The van der Waals surface area contributed by atoms with Gasteiger partial charge in [-0.05, 0) is 18.2 Å². The number of aromatic nitrogens is 2. The molecule has 2 N–H and O–H groups in total. The number of benzene rings is 1. The number of hydrogen-bond donors (Lipinski definition) is 1. The van der Waals surface area contributed by atoms with E-state index in [-0.39, 0.29) is 0 Å². The molecule has 0 fully saturated rings. The highest BCUT2D eigenvalue weighted by atomic mass is 35.5. The lowest BCUT2D eigenvalue weighted by Crippen LogP contribution is -2.08. The second-order valence-electron chi connectivity index (χ2n) is 3.69. The molecule has 0 saturated carbocycles. The van der Waals surface area contributed by atoms with Crippen molar-refractivity contribution in [2.24, 2.45) is 5.73 Å². The first-order chi connectivity index (χ1) is 9.28. The first kappa shape index (κ1) is 14.3. The van der Waals surface area contributed by atoms with Gasteiger partial charge in [-0.3, -0.25) is 0 Å². The van der Waals surface area contributed by atoms with Gasteiger partial charge in [-0.25, -0.2) is 0 Å². The van der Waals surface area contributed by atoms with E-state index in [1.54, 1.807) is 11.8 Å². The average molecular weight is 300 g/mol. The molecule has 0 unspecified atom stereocenters. The molecule has 7 heteroatoms. The van der Waals surface area contributed by atoms with Gasteiger partial charge in [0.1, 0.15) is 6.61 Å². The third-order valence-electron chi connectivity index (χ3n) is 2.16. The number of ether oxygens (including phenoxy) is 1. The van der Waals surface area contributed by atoms with E-state index in [1.165, 1.54) is 0 Å². The summed E-state index contributed by atoms with van der Waals surface area (Å²) >= 11 is 7.51. The van der Waals surface area contributed by atoms with E-state index >= 15 is 0 Å². The zero-order chi connectivity index (χ0) is 13.5. The van der Waals surface area contributed by atoms with Gasteiger partial charge in [0.2, 0.25) is 0 Å². The van der Waals surface area contributed by atoms with Crippen LogP contribution in [0.3, 0.4) is 0 Å². The van der Waals surface area contributed by atoms with Crippen LogP contribution in [0, 0.1) is 0 Å². The molecule has 0 saturated heterocycles. The summed E-state index contributed by atoms with van der Waals surface area (Å²) in [6.45, 7) is 1.26. The number of rotatable bonds is 7. The minimum Gasteiger partial charge on any atom is -0.370 e. The van der Waals surface area contributed by atoms with Crippen molar-refractivity contribution in [2.45, 2.75) is 17.3 Å². The second-order valence-corrected chi connectivity index (χ2v) is 5.18. The lowest BCUT2D eigenvalue weighted by atomic mass is 10.4. The van der Waals surface area contributed by atoms with Crippen LogP contribution in [-0.4, -0.2) is 23.3 Å². The van der Waals surface area contributed by atoms with Crippen LogP contribution >= 0.6 is 23.4 Å². The Hall–Kier alpha value is -1.08. The van der Waals surface area contributed by atoms with Crippen LogP contribution in [0.25, 0.3) is 0 Å². The Bertz CT molecular complexity index is 521. The Kier molecular flexibility index (Phi) is 5.65. The van der Waals surface area contributed by atoms with Crippen LogP contribution in [0.15, 0.2) is 33.7 Å². The fourth-order valence-electron chi connectivity index (χ4n) is 1.35. The Morgan fingerprint density at radius 1 is 1.42 bits per heavy atom. The Labute approximate surface area is 120 Å². The van der Waals surface area contributed by atoms with Crippen molar-refractivity contribution in [1.29, 1.82) is 0 Å². The van der Waals surface area contributed by atoms with Crippen LogP contribution in [-0.2, 0) is 17.1 Å². The monoisotopic (exact) mass is 299 g/mol. The predicted molar refractivity (Wildman–Crippen MR) is 74.0 cm³/mol. The lowest BCUT2D eigenvalue weighted by Gasteiger charge is -1.98. The van der Waals surface area contributed by atoms with Crippen molar-refractivity contribution in [3.05, 3.63) is 41.0 Å². The van der Waals surface area contributed by atoms with E-state index in [4.69, 9.17) is 26.6 Å². The molecule has 2 rings (SSSR count). The third-order valence-corrected chi connectivity index (χ3v) is 3.39. The predicted octanol–water partition coefficient (Wildman–Crippen LogP) is 2.49. The number of hydrogen-bond acceptors (Lipinski definition) is 6. The summed E-state index contributed by atoms with van der Waals surface area (Å²) in [6.07, 6.45) is 0. The van der Waals surface area contributed by atoms with E-state index in [0.29, 0.717) is 42.2 Å². The summed E-state index contributed by atoms with van der Waals surface area (Å²) in [5.74, 6) is 1.73. The zero-order valence-electron chi connectivity index (χ0n) is 10.2. The molecular weight excluding hydrogens is 286 g/mol. The van der Waals surface area contributed by atoms with Gasteiger partial charge in [0.15, 0.2) is 5.82 Å². The van der Waals surface area contributed by atoms with Crippen LogP contribution in [0.4, 0.5) is 0 Å². The van der Waals surface area contributed by atoms with Gasteiger partial charge in [0.25, 0.3) is 5.89 Å². The third kappa shape index (κ3) is 4.83. The van der Waals surface area contributed by atoms with Crippen molar-refractivity contribution in [3.8, 4) is 0 Å². The van der Waals surface area contributed by atoms with Gasteiger partial charge in [-0.15, -0.1) is 11.8 Å². The molecule has 0 amide bonds. The maximum Gasteiger partial charge on any atom is 0.252 e. The molecule has 0 atom stereocenters. The fraction of sp³-hybridized carbons (Fsp3) is 0.333. The van der Waals surface area contributed by atoms with Gasteiger partial charge in [0, 0.05) is 16.5 Å². The van der Waals surface area contributed by atoms with Gasteiger partial charge >= 0.3 is 0 Å². The second kappa shape index (κ2) is 7.49. The van der Waals surface area contributed by atoms with Crippen LogP contribution < -0.4 is 5.73 Å². The van der Waals surface area contributed by atoms with E-state index in [0.717, 1.165) is 4.90 Å². The fourth-order valence-corrected chi connectivity index (χ4v) is 2.41. The summed E-state index contributed by atoms with van der Waals surface area (Å²) in [5, 5.41) is 4.60. The summed E-state index contributed by atoms with van der Waals surface area (Å²) < 4.78 is 10.3. The Balaban J connectivity index is 1.83. The molecular formula is C12H14ClN3O2S. The molecule has 2 aromatic rings. The average Bonchev–Trinajstić information content (AvgIpc) is 2.85. The van der Waals surface area contributed by atoms with Gasteiger partial charge in [-0.2, -0.15) is 4.98 Å². The minimum atomic E-state index is 0.298. The lowest BCUT2D eigenvalue weighted by molar-refractivity contribution is 0.104. The molecule has 102 valence electrons. The molecule has 5 nitrogen and oxygen atoms in total. The molecule has 0 bridgehead atoms. The molecule has 1 aromatic carbocycles. The van der Waals surface area contributed by atoms with Crippen molar-refractivity contribution in [2.75, 3.05) is 13.2 Å². The minimum absolute atomic E-state index is 0.298. The molecule has 1 aromatic heterocycles. The Morgan fingerprint density at radius 2 is 2.32 bits per heavy atom. The maximum atomic E-state index is 5.91. The molecule has 0 aliphatic rings. The highest BCUT2D eigenvalue weighted by Crippen LogP contribution is 2.24. The summed E-state index contributed by atoms with van der Waals surface area (Å²) in [4.78, 5) is 5.29. The van der Waals surface area contributed by atoms with Gasteiger partial charge < -0.3 is 15.0 Å². The van der Waals surface area contributed by atoms with E-state index in [9.17, 15) is 0 Å². The van der Waals surface area contributed by atoms with Crippen molar-refractivity contribution in [1.82, 2.24) is 10.1 Å². The standard InChI is InChI=1S/C12H14ClN3O2S/c13-9-2-1-3-10(6-9)19-8-11-15-12(18-16-11)7-17-5-4-14/h1-3,6H,4-5,7-8,14H2. The maximum absolute atomic E-state index is 5.91. The first-order valence-electron chi connectivity index (χ1n) is 5.75. The SMILES string of the molecule is NCCOCc1nc(CSc2cccc(Cl)c2)no1. The molecule has 0 aliphatic heterocycles. The highest BCUT2D eigenvalue weighted by Gasteiger charge is 2.07. The number of thioether (sulfide) groups is 1. The van der Waals surface area contributed by atoms with Crippen molar-refractivity contribution >= 4 is 23.4 Å². The topological polar surface area (TPSA) is 74.2 Å². The first-order valence-corrected chi connectivity index (χ1v) is 7.12. The number of halogens is 1.